The molecule has 8 nitrogen and oxygen atoms in total. The summed E-state index contributed by atoms with van der Waals surface area (Å²) in [5.41, 5.74) is 2.03. The van der Waals surface area contributed by atoms with Crippen molar-refractivity contribution in [2.75, 3.05) is 32.4 Å². The summed E-state index contributed by atoms with van der Waals surface area (Å²) in [7, 11) is -3.13. The Kier molecular flexibility index (Phi) is 5.08. The first kappa shape index (κ1) is 21.6. The lowest BCUT2D eigenvalue weighted by Crippen LogP contribution is -3.13. The van der Waals surface area contributed by atoms with Crippen LogP contribution in [0.3, 0.4) is 0 Å². The van der Waals surface area contributed by atoms with Gasteiger partial charge in [0.2, 0.25) is 15.7 Å². The summed E-state index contributed by atoms with van der Waals surface area (Å²) >= 11 is 0. The number of hydrogen-bond acceptors (Lipinski definition) is 3. The quantitative estimate of drug-likeness (QED) is 0.539. The molecule has 3 N–H and O–H groups in total. The fourth-order valence-electron chi connectivity index (χ4n) is 7.58. The number of fused-ring (bicyclic) bond motifs is 1. The fourth-order valence-corrected chi connectivity index (χ4v) is 8.42. The van der Waals surface area contributed by atoms with Crippen molar-refractivity contribution >= 4 is 21.4 Å². The highest BCUT2D eigenvalue weighted by Crippen LogP contribution is 2.55. The molecular weight excluding hydrogens is 438 g/mol. The number of piperazine rings is 1. The molecule has 4 saturated carbocycles. The number of imidazole rings is 1. The minimum absolute atomic E-state index is 0.00120. The second kappa shape index (κ2) is 7.78. The average molecular weight is 474 g/mol. The van der Waals surface area contributed by atoms with Crippen LogP contribution in [0.15, 0.2) is 24.4 Å². The van der Waals surface area contributed by atoms with Gasteiger partial charge in [0, 0.05) is 5.54 Å². The van der Waals surface area contributed by atoms with Crippen molar-refractivity contribution in [1.82, 2.24) is 14.6 Å². The van der Waals surface area contributed by atoms with Gasteiger partial charge in [-0.05, 0) is 68.4 Å². The molecule has 1 saturated heterocycles. The molecule has 0 atom stereocenters. The van der Waals surface area contributed by atoms with Crippen LogP contribution in [0, 0.1) is 17.8 Å². The van der Waals surface area contributed by atoms with E-state index in [-0.39, 0.29) is 11.4 Å². The third-order valence-electron chi connectivity index (χ3n) is 8.64. The van der Waals surface area contributed by atoms with Crippen LogP contribution in [-0.4, -0.2) is 61.6 Å². The zero-order valence-electron chi connectivity index (χ0n) is 19.3. The average Bonchev–Trinajstić information content (AvgIpc) is 3.11. The van der Waals surface area contributed by atoms with Crippen molar-refractivity contribution in [2.24, 2.45) is 17.8 Å². The van der Waals surface area contributed by atoms with E-state index in [9.17, 15) is 13.2 Å². The van der Waals surface area contributed by atoms with Crippen molar-refractivity contribution in [2.45, 2.75) is 50.6 Å². The summed E-state index contributed by atoms with van der Waals surface area (Å²) in [6.45, 7) is 3.36. The Morgan fingerprint density at radius 1 is 1.15 bits per heavy atom. The highest BCUT2D eigenvalue weighted by Gasteiger charge is 2.52. The van der Waals surface area contributed by atoms with Crippen LogP contribution in [0.25, 0.3) is 5.52 Å². The normalized spacial score (nSPS) is 32.5. The van der Waals surface area contributed by atoms with Gasteiger partial charge in [0.1, 0.15) is 6.54 Å². The van der Waals surface area contributed by atoms with E-state index in [1.807, 2.05) is 22.7 Å². The fraction of sp³-hybridized carbons (Fsp3) is 0.667. The molecule has 0 spiro atoms. The number of aromatic amines is 1. The predicted octanol–water partition coefficient (Wildman–Crippen LogP) is 0.112. The number of hydrogen-bond donors (Lipinski definition) is 3. The van der Waals surface area contributed by atoms with E-state index in [2.05, 4.69) is 16.4 Å². The number of carbonyl (C=O) groups excluding carboxylic acids is 1. The Morgan fingerprint density at radius 3 is 2.39 bits per heavy atom. The molecule has 4 bridgehead atoms. The van der Waals surface area contributed by atoms with Crippen LogP contribution in [-0.2, 0) is 16.6 Å². The van der Waals surface area contributed by atoms with Crippen LogP contribution in [0.4, 0.5) is 0 Å². The zero-order chi connectivity index (χ0) is 22.8. The molecule has 5 fully saturated rings. The van der Waals surface area contributed by atoms with Gasteiger partial charge in [-0.1, -0.05) is 6.07 Å². The lowest BCUT2D eigenvalue weighted by atomic mass is 9.53. The molecule has 178 valence electrons. The van der Waals surface area contributed by atoms with Crippen LogP contribution < -0.4 is 14.6 Å². The lowest BCUT2D eigenvalue weighted by molar-refractivity contribution is -0.917. The Bertz CT molecular complexity index is 1150. The van der Waals surface area contributed by atoms with Gasteiger partial charge in [-0.25, -0.2) is 13.4 Å². The maximum absolute atomic E-state index is 13.6. The number of H-pyrrole nitrogens is 1. The molecule has 1 amide bonds. The van der Waals surface area contributed by atoms with Crippen LogP contribution in [0.5, 0.6) is 0 Å². The minimum Gasteiger partial charge on any atom is -0.340 e. The summed E-state index contributed by atoms with van der Waals surface area (Å²) in [4.78, 5) is 18.3. The summed E-state index contributed by atoms with van der Waals surface area (Å²) in [5.74, 6) is 2.96. The van der Waals surface area contributed by atoms with Gasteiger partial charge in [0.15, 0.2) is 5.52 Å². The van der Waals surface area contributed by atoms with Crippen molar-refractivity contribution in [3.05, 3.63) is 35.9 Å². The standard InChI is InChI=1S/C24H33N5O3S/c1-33(31,32)28-8-6-27(7-9-28)16-20-21-4-2-3-5-29(21)22(25-20)23(30)26-24-13-17-10-18(14-24)12-19(11-17)15-24/h2-5,17-19H,6-16H2,1H3,(H,26,30)/p+2. The second-order valence-electron chi connectivity index (χ2n) is 11.1. The van der Waals surface area contributed by atoms with Gasteiger partial charge in [-0.15, -0.1) is 0 Å². The van der Waals surface area contributed by atoms with Gasteiger partial charge in [-0.2, -0.15) is 8.71 Å². The highest BCUT2D eigenvalue weighted by atomic mass is 32.2. The number of nitrogens with zero attached hydrogens (tertiary/aromatic N) is 2. The number of rotatable bonds is 5. The Labute approximate surface area is 195 Å². The predicted molar refractivity (Wildman–Crippen MR) is 123 cm³/mol. The summed E-state index contributed by atoms with van der Waals surface area (Å²) in [5, 5.41) is 3.50. The molecule has 9 heteroatoms. The van der Waals surface area contributed by atoms with E-state index in [1.54, 1.807) is 4.31 Å². The van der Waals surface area contributed by atoms with Crippen LogP contribution in [0.1, 0.15) is 54.8 Å². The maximum Gasteiger partial charge on any atom is 0.351 e. The first-order valence-electron chi connectivity index (χ1n) is 12.4. The monoisotopic (exact) mass is 473 g/mol. The number of nitrogens with one attached hydrogen (secondary N) is 3. The number of amides is 1. The molecule has 33 heavy (non-hydrogen) atoms. The van der Waals surface area contributed by atoms with E-state index < -0.39 is 10.0 Å². The minimum atomic E-state index is -3.13. The number of pyridine rings is 1. The van der Waals surface area contributed by atoms with Crippen molar-refractivity contribution in [3.63, 3.8) is 0 Å². The third kappa shape index (κ3) is 3.98. The number of aromatic nitrogens is 2. The molecule has 0 aromatic carbocycles. The van der Waals surface area contributed by atoms with Gasteiger partial charge >= 0.3 is 11.7 Å². The van der Waals surface area contributed by atoms with Gasteiger partial charge in [-0.3, -0.25) is 4.79 Å². The molecule has 0 radical (unpaired) electrons. The summed E-state index contributed by atoms with van der Waals surface area (Å²) < 4.78 is 27.2. The molecule has 2 aromatic heterocycles. The summed E-state index contributed by atoms with van der Waals surface area (Å²) in [6, 6.07) is 6.02. The van der Waals surface area contributed by atoms with E-state index in [0.717, 1.165) is 67.9 Å². The molecular formula is C24H35N5O3S+2. The molecule has 7 rings (SSSR count). The Balaban J connectivity index is 1.22. The highest BCUT2D eigenvalue weighted by molar-refractivity contribution is 7.88. The first-order chi connectivity index (χ1) is 15.8. The number of carbonyl (C=O) groups is 1. The summed E-state index contributed by atoms with van der Waals surface area (Å²) in [6.07, 6.45) is 10.7. The Morgan fingerprint density at radius 2 is 1.79 bits per heavy atom. The molecule has 1 aliphatic heterocycles. The maximum atomic E-state index is 13.6. The van der Waals surface area contributed by atoms with E-state index in [1.165, 1.54) is 30.4 Å². The zero-order valence-corrected chi connectivity index (χ0v) is 20.2. The van der Waals surface area contributed by atoms with E-state index in [0.29, 0.717) is 18.9 Å². The van der Waals surface area contributed by atoms with Crippen molar-refractivity contribution < 1.29 is 22.5 Å². The van der Waals surface area contributed by atoms with Crippen LogP contribution >= 0.6 is 0 Å². The lowest BCUT2D eigenvalue weighted by Gasteiger charge is -2.56. The van der Waals surface area contributed by atoms with E-state index >= 15 is 0 Å². The van der Waals surface area contributed by atoms with Gasteiger partial charge in [0.25, 0.3) is 0 Å². The van der Waals surface area contributed by atoms with Crippen molar-refractivity contribution in [3.8, 4) is 0 Å². The second-order valence-corrected chi connectivity index (χ2v) is 13.1. The molecule has 3 heterocycles. The first-order valence-corrected chi connectivity index (χ1v) is 14.3. The largest absolute Gasteiger partial charge is 0.351 e. The third-order valence-corrected chi connectivity index (χ3v) is 9.94. The van der Waals surface area contributed by atoms with Gasteiger partial charge in [0.05, 0.1) is 38.6 Å². The molecule has 5 aliphatic rings. The smallest absolute Gasteiger partial charge is 0.340 e. The molecule has 0 unspecified atom stereocenters. The number of sulfonamides is 1. The SMILES string of the molecule is CS(=O)(=O)N1CC[NH+](Cc2[nH]c(C(=O)NC34CC5CC(CC(C5)C3)C4)[n+]3ccccc23)CC1. The number of quaternary nitrogens is 1. The molecule has 4 aliphatic carbocycles. The van der Waals surface area contributed by atoms with Crippen molar-refractivity contribution in [1.29, 1.82) is 0 Å². The van der Waals surface area contributed by atoms with Gasteiger partial charge < -0.3 is 10.2 Å². The topological polar surface area (TPSA) is 90.8 Å². The van der Waals surface area contributed by atoms with E-state index in [4.69, 9.17) is 0 Å². The van der Waals surface area contributed by atoms with Crippen LogP contribution in [0.2, 0.25) is 0 Å². The molecule has 2 aromatic rings. The Hall–Kier alpha value is -1.97.